The van der Waals surface area contributed by atoms with E-state index in [0.29, 0.717) is 5.02 Å². The van der Waals surface area contributed by atoms with Crippen molar-refractivity contribution in [2.75, 3.05) is 0 Å². The smallest absolute Gasteiger partial charge is 0.347 e. The van der Waals surface area contributed by atoms with Crippen LogP contribution in [-0.4, -0.2) is 20.9 Å². The lowest BCUT2D eigenvalue weighted by Gasteiger charge is -2.11. The average molecular weight is 381 g/mol. The van der Waals surface area contributed by atoms with E-state index in [2.05, 4.69) is 15.6 Å². The molecule has 1 N–H and O–H groups in total. The van der Waals surface area contributed by atoms with Gasteiger partial charge in [0.15, 0.2) is 5.69 Å². The van der Waals surface area contributed by atoms with Gasteiger partial charge >= 0.3 is 6.18 Å². The van der Waals surface area contributed by atoms with Gasteiger partial charge in [-0.15, -0.1) is 5.10 Å². The zero-order valence-electron chi connectivity index (χ0n) is 13.2. The second kappa shape index (κ2) is 7.17. The molecule has 1 aromatic heterocycles. The lowest BCUT2D eigenvalue weighted by Crippen LogP contribution is -2.23. The molecule has 0 radical (unpaired) electrons. The number of rotatable bonds is 4. The highest BCUT2D eigenvalue weighted by atomic mass is 35.5. The molecule has 0 aliphatic heterocycles. The maximum Gasteiger partial charge on any atom is 0.418 e. The number of carbonyl (C=O) groups excluding carboxylic acids is 1. The first-order valence-corrected chi connectivity index (χ1v) is 7.84. The Labute approximate surface area is 151 Å². The summed E-state index contributed by atoms with van der Waals surface area (Å²) in [5, 5.41) is 10.5. The van der Waals surface area contributed by atoms with E-state index in [1.807, 2.05) is 0 Å². The number of hydrogen-bond donors (Lipinski definition) is 1. The predicted octanol–water partition coefficient (Wildman–Crippen LogP) is 3.87. The Morgan fingerprint density at radius 2 is 1.81 bits per heavy atom. The van der Waals surface area contributed by atoms with E-state index in [0.717, 1.165) is 22.5 Å². The molecule has 3 rings (SSSR count). The van der Waals surface area contributed by atoms with E-state index < -0.39 is 17.6 Å². The topological polar surface area (TPSA) is 59.8 Å². The third-order valence-electron chi connectivity index (χ3n) is 3.55. The van der Waals surface area contributed by atoms with Crippen LogP contribution in [0.15, 0.2) is 54.7 Å². The summed E-state index contributed by atoms with van der Waals surface area (Å²) in [6.45, 7) is 0.224. The van der Waals surface area contributed by atoms with Crippen molar-refractivity contribution in [2.45, 2.75) is 12.7 Å². The van der Waals surface area contributed by atoms with E-state index in [4.69, 9.17) is 11.6 Å². The van der Waals surface area contributed by atoms with Gasteiger partial charge in [-0.3, -0.25) is 4.79 Å². The van der Waals surface area contributed by atoms with Crippen LogP contribution in [0.4, 0.5) is 13.2 Å². The molecule has 0 aliphatic carbocycles. The van der Waals surface area contributed by atoms with Gasteiger partial charge in [-0.25, -0.2) is 4.68 Å². The molecule has 0 unspecified atom stereocenters. The van der Waals surface area contributed by atoms with Gasteiger partial charge < -0.3 is 5.32 Å². The van der Waals surface area contributed by atoms with Crippen LogP contribution in [0, 0.1) is 0 Å². The number of benzene rings is 2. The lowest BCUT2D eigenvalue weighted by atomic mass is 10.1. The van der Waals surface area contributed by atoms with E-state index >= 15 is 0 Å². The molecular weight excluding hydrogens is 369 g/mol. The van der Waals surface area contributed by atoms with Crippen molar-refractivity contribution in [1.82, 2.24) is 20.3 Å². The molecule has 134 valence electrons. The summed E-state index contributed by atoms with van der Waals surface area (Å²) in [6, 6.07) is 11.8. The van der Waals surface area contributed by atoms with E-state index in [9.17, 15) is 18.0 Å². The van der Waals surface area contributed by atoms with Gasteiger partial charge in [0.05, 0.1) is 17.4 Å². The first-order valence-electron chi connectivity index (χ1n) is 7.46. The largest absolute Gasteiger partial charge is 0.418 e. The van der Waals surface area contributed by atoms with Crippen molar-refractivity contribution < 1.29 is 18.0 Å². The molecule has 5 nitrogen and oxygen atoms in total. The highest BCUT2D eigenvalue weighted by Gasteiger charge is 2.34. The number of carbonyl (C=O) groups is 1. The fourth-order valence-electron chi connectivity index (χ4n) is 2.27. The second-order valence-corrected chi connectivity index (χ2v) is 5.81. The number of hydrogen-bond acceptors (Lipinski definition) is 3. The summed E-state index contributed by atoms with van der Waals surface area (Å²) in [7, 11) is 0. The van der Waals surface area contributed by atoms with Gasteiger partial charge in [0.2, 0.25) is 0 Å². The van der Waals surface area contributed by atoms with Crippen LogP contribution in [0.1, 0.15) is 21.6 Å². The molecule has 26 heavy (non-hydrogen) atoms. The minimum atomic E-state index is -4.54. The second-order valence-electron chi connectivity index (χ2n) is 5.37. The van der Waals surface area contributed by atoms with Crippen LogP contribution < -0.4 is 5.32 Å². The van der Waals surface area contributed by atoms with Crippen molar-refractivity contribution in [3.8, 4) is 5.69 Å². The Bertz CT molecular complexity index is 922. The third-order valence-corrected chi connectivity index (χ3v) is 3.80. The monoisotopic (exact) mass is 380 g/mol. The minimum absolute atomic E-state index is 0.0871. The molecule has 1 amide bonds. The molecule has 0 aliphatic rings. The van der Waals surface area contributed by atoms with Crippen molar-refractivity contribution in [3.05, 3.63) is 76.6 Å². The Balaban J connectivity index is 1.76. The highest BCUT2D eigenvalue weighted by molar-refractivity contribution is 6.30. The van der Waals surface area contributed by atoms with Crippen molar-refractivity contribution in [1.29, 1.82) is 0 Å². The molecular formula is C17H12ClF3N4O. The first-order chi connectivity index (χ1) is 12.3. The molecule has 3 aromatic rings. The van der Waals surface area contributed by atoms with Gasteiger partial charge in [-0.05, 0) is 29.8 Å². The van der Waals surface area contributed by atoms with Crippen LogP contribution in [0.3, 0.4) is 0 Å². The minimum Gasteiger partial charge on any atom is -0.347 e. The summed E-state index contributed by atoms with van der Waals surface area (Å²) in [5.74, 6) is -0.546. The predicted molar refractivity (Wildman–Crippen MR) is 89.0 cm³/mol. The molecule has 0 saturated carbocycles. The zero-order valence-corrected chi connectivity index (χ0v) is 13.9. The maximum atomic E-state index is 13.1. The number of amides is 1. The van der Waals surface area contributed by atoms with Gasteiger partial charge in [-0.2, -0.15) is 13.2 Å². The molecule has 9 heteroatoms. The third kappa shape index (κ3) is 4.02. The van der Waals surface area contributed by atoms with E-state index in [-0.39, 0.29) is 17.9 Å². The van der Waals surface area contributed by atoms with Gasteiger partial charge in [0, 0.05) is 11.6 Å². The fraction of sp³-hybridized carbons (Fsp3) is 0.118. The van der Waals surface area contributed by atoms with Crippen LogP contribution in [-0.2, 0) is 12.7 Å². The zero-order chi connectivity index (χ0) is 18.7. The lowest BCUT2D eigenvalue weighted by molar-refractivity contribution is -0.137. The van der Waals surface area contributed by atoms with Crippen molar-refractivity contribution >= 4 is 17.5 Å². The first kappa shape index (κ1) is 17.9. The van der Waals surface area contributed by atoms with Crippen LogP contribution >= 0.6 is 11.6 Å². The SMILES string of the molecule is O=C(NCc1ccc(Cl)cc1)c1cn(-c2ccccc2C(F)(F)F)nn1. The number of aromatic nitrogens is 3. The quantitative estimate of drug-likeness (QED) is 0.747. The normalized spacial score (nSPS) is 11.4. The van der Waals surface area contributed by atoms with E-state index in [1.165, 1.54) is 18.2 Å². The number of alkyl halides is 3. The van der Waals surface area contributed by atoms with Crippen LogP contribution in [0.2, 0.25) is 5.02 Å². The highest BCUT2D eigenvalue weighted by Crippen LogP contribution is 2.33. The maximum absolute atomic E-state index is 13.1. The van der Waals surface area contributed by atoms with Gasteiger partial charge in [0.25, 0.3) is 5.91 Å². The number of halogens is 4. The fourth-order valence-corrected chi connectivity index (χ4v) is 2.40. The summed E-state index contributed by atoms with van der Waals surface area (Å²) in [4.78, 5) is 12.1. The molecule has 0 fully saturated rings. The molecule has 2 aromatic carbocycles. The van der Waals surface area contributed by atoms with Crippen molar-refractivity contribution in [3.63, 3.8) is 0 Å². The molecule has 0 spiro atoms. The Kier molecular flexibility index (Phi) is 4.94. The number of para-hydroxylation sites is 1. The van der Waals surface area contributed by atoms with Crippen LogP contribution in [0.5, 0.6) is 0 Å². The molecule has 0 atom stereocenters. The van der Waals surface area contributed by atoms with Gasteiger partial charge in [0.1, 0.15) is 0 Å². The van der Waals surface area contributed by atoms with E-state index in [1.54, 1.807) is 24.3 Å². The molecule has 0 bridgehead atoms. The molecule has 1 heterocycles. The van der Waals surface area contributed by atoms with Gasteiger partial charge in [-0.1, -0.05) is 41.1 Å². The van der Waals surface area contributed by atoms with Crippen LogP contribution in [0.25, 0.3) is 5.69 Å². The summed E-state index contributed by atoms with van der Waals surface area (Å²) in [6.07, 6.45) is -3.39. The Morgan fingerprint density at radius 1 is 1.12 bits per heavy atom. The Hall–Kier alpha value is -2.87. The average Bonchev–Trinajstić information content (AvgIpc) is 3.10. The number of nitrogens with zero attached hydrogens (tertiary/aromatic N) is 3. The standard InChI is InChI=1S/C17H12ClF3N4O/c18-12-7-5-11(6-8-12)9-22-16(26)14-10-25(24-23-14)15-4-2-1-3-13(15)17(19,20)21/h1-8,10H,9H2,(H,22,26). The Morgan fingerprint density at radius 3 is 2.50 bits per heavy atom. The number of nitrogens with one attached hydrogen (secondary N) is 1. The molecule has 0 saturated heterocycles. The van der Waals surface area contributed by atoms with Crippen molar-refractivity contribution in [2.24, 2.45) is 0 Å². The summed E-state index contributed by atoms with van der Waals surface area (Å²) < 4.78 is 40.2. The summed E-state index contributed by atoms with van der Waals surface area (Å²) in [5.41, 5.74) is -0.337. The summed E-state index contributed by atoms with van der Waals surface area (Å²) >= 11 is 5.79.